The lowest BCUT2D eigenvalue weighted by Gasteiger charge is -2.27. The fourth-order valence-electron chi connectivity index (χ4n) is 2.85. The van der Waals surface area contributed by atoms with E-state index in [0.29, 0.717) is 6.04 Å². The molecule has 1 aliphatic rings. The van der Waals surface area contributed by atoms with Gasteiger partial charge in [-0.05, 0) is 48.1 Å². The number of rotatable bonds is 2. The predicted octanol–water partition coefficient (Wildman–Crippen LogP) is 4.01. The molecule has 1 atom stereocenters. The average molecular weight is 316 g/mol. The molecule has 2 aromatic rings. The fraction of sp³-hybridized carbons (Fsp3) is 0.294. The highest BCUT2D eigenvalue weighted by Crippen LogP contribution is 2.27. The number of aryl methyl sites for hydroxylation is 1. The lowest BCUT2D eigenvalue weighted by Crippen LogP contribution is -2.37. The quantitative estimate of drug-likeness (QED) is 0.882. The molecule has 3 rings (SSSR count). The highest BCUT2D eigenvalue weighted by Gasteiger charge is 2.20. The minimum atomic E-state index is 0.536. The molecule has 0 spiro atoms. The maximum absolute atomic E-state index is 3.72. The van der Waals surface area contributed by atoms with Gasteiger partial charge in [-0.25, -0.2) is 0 Å². The Morgan fingerprint density at radius 3 is 2.79 bits per heavy atom. The van der Waals surface area contributed by atoms with E-state index >= 15 is 0 Å². The van der Waals surface area contributed by atoms with Crippen LogP contribution in [0.1, 0.15) is 22.3 Å². The van der Waals surface area contributed by atoms with Gasteiger partial charge in [0, 0.05) is 17.1 Å². The molecular formula is C17H18BrN. The van der Waals surface area contributed by atoms with Crippen molar-refractivity contribution in [1.82, 2.24) is 5.32 Å². The maximum Gasteiger partial charge on any atom is 0.0213 e. The van der Waals surface area contributed by atoms with Crippen molar-refractivity contribution in [2.75, 3.05) is 0 Å². The van der Waals surface area contributed by atoms with E-state index in [2.05, 4.69) is 70.6 Å². The van der Waals surface area contributed by atoms with Crippen molar-refractivity contribution in [3.05, 3.63) is 69.2 Å². The first kappa shape index (κ1) is 12.9. The van der Waals surface area contributed by atoms with Gasteiger partial charge in [0.25, 0.3) is 0 Å². The zero-order valence-corrected chi connectivity index (χ0v) is 12.7. The van der Waals surface area contributed by atoms with Gasteiger partial charge in [-0.1, -0.05) is 52.3 Å². The molecule has 0 amide bonds. The monoisotopic (exact) mass is 315 g/mol. The van der Waals surface area contributed by atoms with Crippen LogP contribution in [0.3, 0.4) is 0 Å². The molecule has 0 saturated carbocycles. The molecule has 19 heavy (non-hydrogen) atoms. The van der Waals surface area contributed by atoms with E-state index in [4.69, 9.17) is 0 Å². The molecule has 2 aromatic carbocycles. The van der Waals surface area contributed by atoms with Crippen LogP contribution < -0.4 is 5.32 Å². The van der Waals surface area contributed by atoms with Gasteiger partial charge in [-0.2, -0.15) is 0 Å². The highest BCUT2D eigenvalue weighted by molar-refractivity contribution is 9.10. The Morgan fingerprint density at radius 1 is 1.21 bits per heavy atom. The molecule has 0 radical (unpaired) electrons. The number of halogens is 1. The van der Waals surface area contributed by atoms with E-state index < -0.39 is 0 Å². The maximum atomic E-state index is 3.72. The second kappa shape index (κ2) is 5.48. The lowest BCUT2D eigenvalue weighted by atomic mass is 9.91. The van der Waals surface area contributed by atoms with Crippen molar-refractivity contribution in [3.8, 4) is 0 Å². The molecule has 0 saturated heterocycles. The number of fused-ring (bicyclic) bond motifs is 1. The van der Waals surface area contributed by atoms with E-state index in [1.165, 1.54) is 26.7 Å². The Labute approximate surface area is 123 Å². The summed E-state index contributed by atoms with van der Waals surface area (Å²) >= 11 is 3.72. The second-order valence-electron chi connectivity index (χ2n) is 5.36. The number of hydrogen-bond donors (Lipinski definition) is 1. The first-order valence-electron chi connectivity index (χ1n) is 6.77. The Hall–Kier alpha value is -1.12. The van der Waals surface area contributed by atoms with Crippen LogP contribution in [-0.4, -0.2) is 6.04 Å². The minimum Gasteiger partial charge on any atom is -0.309 e. The third-order valence-corrected chi connectivity index (χ3v) is 4.50. The van der Waals surface area contributed by atoms with Crippen LogP contribution in [0, 0.1) is 6.92 Å². The zero-order valence-electron chi connectivity index (χ0n) is 11.1. The van der Waals surface area contributed by atoms with Gasteiger partial charge in [-0.15, -0.1) is 0 Å². The summed E-state index contributed by atoms with van der Waals surface area (Å²) < 4.78 is 1.27. The summed E-state index contributed by atoms with van der Waals surface area (Å²) in [6, 6.07) is 15.8. The molecule has 1 unspecified atom stereocenters. The molecule has 1 N–H and O–H groups in total. The van der Waals surface area contributed by atoms with Crippen molar-refractivity contribution >= 4 is 15.9 Å². The smallest absolute Gasteiger partial charge is 0.0213 e. The first-order valence-corrected chi connectivity index (χ1v) is 7.57. The van der Waals surface area contributed by atoms with Crippen LogP contribution in [0.2, 0.25) is 0 Å². The van der Waals surface area contributed by atoms with Gasteiger partial charge in [0.15, 0.2) is 0 Å². The SMILES string of the molecule is Cc1cc(Br)c2c(c1)CNC(Cc1ccccc1)C2. The van der Waals surface area contributed by atoms with Gasteiger partial charge >= 0.3 is 0 Å². The van der Waals surface area contributed by atoms with Crippen molar-refractivity contribution in [1.29, 1.82) is 0 Å². The van der Waals surface area contributed by atoms with E-state index in [1.807, 2.05) is 0 Å². The van der Waals surface area contributed by atoms with E-state index in [-0.39, 0.29) is 0 Å². The van der Waals surface area contributed by atoms with Crippen LogP contribution >= 0.6 is 15.9 Å². The summed E-state index contributed by atoms with van der Waals surface area (Å²) in [5.41, 5.74) is 5.65. The molecule has 0 aromatic heterocycles. The van der Waals surface area contributed by atoms with Crippen molar-refractivity contribution in [3.63, 3.8) is 0 Å². The Balaban J connectivity index is 1.79. The molecule has 0 bridgehead atoms. The highest BCUT2D eigenvalue weighted by atomic mass is 79.9. The Bertz CT molecular complexity index is 577. The lowest BCUT2D eigenvalue weighted by molar-refractivity contribution is 0.476. The topological polar surface area (TPSA) is 12.0 Å². The van der Waals surface area contributed by atoms with Crippen LogP contribution in [-0.2, 0) is 19.4 Å². The number of nitrogens with one attached hydrogen (secondary N) is 1. The van der Waals surface area contributed by atoms with Crippen molar-refractivity contribution in [2.24, 2.45) is 0 Å². The van der Waals surface area contributed by atoms with Crippen LogP contribution in [0.5, 0.6) is 0 Å². The van der Waals surface area contributed by atoms with E-state index in [1.54, 1.807) is 0 Å². The van der Waals surface area contributed by atoms with Gasteiger partial charge in [0.1, 0.15) is 0 Å². The third-order valence-electron chi connectivity index (χ3n) is 3.79. The predicted molar refractivity (Wildman–Crippen MR) is 83.4 cm³/mol. The number of hydrogen-bond acceptors (Lipinski definition) is 1. The summed E-state index contributed by atoms with van der Waals surface area (Å²) in [6.07, 6.45) is 2.20. The van der Waals surface area contributed by atoms with Crippen LogP contribution in [0.4, 0.5) is 0 Å². The third kappa shape index (κ3) is 2.90. The Morgan fingerprint density at radius 2 is 2.00 bits per heavy atom. The number of benzene rings is 2. The summed E-state index contributed by atoms with van der Waals surface area (Å²) in [4.78, 5) is 0. The molecule has 1 aliphatic heterocycles. The summed E-state index contributed by atoms with van der Waals surface area (Å²) in [5.74, 6) is 0. The van der Waals surface area contributed by atoms with Gasteiger partial charge in [-0.3, -0.25) is 0 Å². The van der Waals surface area contributed by atoms with Gasteiger partial charge in [0.05, 0.1) is 0 Å². The molecule has 1 nitrogen and oxygen atoms in total. The van der Waals surface area contributed by atoms with Crippen molar-refractivity contribution < 1.29 is 0 Å². The minimum absolute atomic E-state index is 0.536. The average Bonchev–Trinajstić information content (AvgIpc) is 2.40. The van der Waals surface area contributed by atoms with Gasteiger partial charge in [0.2, 0.25) is 0 Å². The zero-order chi connectivity index (χ0) is 13.2. The normalized spacial score (nSPS) is 18.1. The largest absolute Gasteiger partial charge is 0.309 e. The molecule has 0 fully saturated rings. The molecule has 0 aliphatic carbocycles. The van der Waals surface area contributed by atoms with E-state index in [9.17, 15) is 0 Å². The molecular weight excluding hydrogens is 298 g/mol. The summed E-state index contributed by atoms with van der Waals surface area (Å²) in [6.45, 7) is 3.13. The standard InChI is InChI=1S/C17H18BrN/c1-12-7-14-11-19-15(10-16(14)17(18)8-12)9-13-5-3-2-4-6-13/h2-8,15,19H,9-11H2,1H3. The van der Waals surface area contributed by atoms with Crippen molar-refractivity contribution in [2.45, 2.75) is 32.4 Å². The molecule has 98 valence electrons. The first-order chi connectivity index (χ1) is 9.22. The Kier molecular flexibility index (Phi) is 3.72. The van der Waals surface area contributed by atoms with E-state index in [0.717, 1.165) is 19.4 Å². The van der Waals surface area contributed by atoms with Crippen LogP contribution in [0.15, 0.2) is 46.9 Å². The van der Waals surface area contributed by atoms with Crippen LogP contribution in [0.25, 0.3) is 0 Å². The molecule has 1 heterocycles. The summed E-state index contributed by atoms with van der Waals surface area (Å²) in [7, 11) is 0. The second-order valence-corrected chi connectivity index (χ2v) is 6.21. The molecule has 2 heteroatoms. The van der Waals surface area contributed by atoms with Gasteiger partial charge < -0.3 is 5.32 Å². The summed E-state index contributed by atoms with van der Waals surface area (Å²) in [5, 5.41) is 3.66. The fourth-order valence-corrected chi connectivity index (χ4v) is 3.62.